The minimum atomic E-state index is -0.315. The van der Waals surface area contributed by atoms with E-state index in [1.807, 2.05) is 36.4 Å². The average Bonchev–Trinajstić information content (AvgIpc) is 2.72. The van der Waals surface area contributed by atoms with Crippen LogP contribution in [-0.2, 0) is 14.9 Å². The van der Waals surface area contributed by atoms with Crippen LogP contribution in [0, 0.1) is 5.82 Å². The van der Waals surface area contributed by atoms with Crippen molar-refractivity contribution in [2.75, 3.05) is 26.4 Å². The fourth-order valence-corrected chi connectivity index (χ4v) is 3.76. The number of rotatable bonds is 4. The standard InChI is InChI=1S/C22H22FNO3/c23-19-6-3-5-18(13-19)22(8-10-26-11-9-22)15-24-21(25)17-12-16-4-1-2-7-20(16)27-14-17/h1-7,12-13H,8-11,14-15H2,(H,24,25). The van der Waals surface area contributed by atoms with Crippen molar-refractivity contribution in [2.24, 2.45) is 0 Å². The van der Waals surface area contributed by atoms with Crippen molar-refractivity contribution in [3.05, 3.63) is 71.0 Å². The molecule has 2 aliphatic rings. The first-order valence-electron chi connectivity index (χ1n) is 9.21. The van der Waals surface area contributed by atoms with Gasteiger partial charge in [0.1, 0.15) is 18.2 Å². The summed E-state index contributed by atoms with van der Waals surface area (Å²) < 4.78 is 25.0. The largest absolute Gasteiger partial charge is 0.488 e. The minimum Gasteiger partial charge on any atom is -0.488 e. The molecule has 0 atom stereocenters. The summed E-state index contributed by atoms with van der Waals surface area (Å²) in [5.74, 6) is 0.381. The number of hydrogen-bond donors (Lipinski definition) is 1. The third-order valence-corrected chi connectivity index (χ3v) is 5.40. The fourth-order valence-electron chi connectivity index (χ4n) is 3.76. The van der Waals surface area contributed by atoms with Crippen molar-refractivity contribution in [3.8, 4) is 5.75 Å². The van der Waals surface area contributed by atoms with Crippen molar-refractivity contribution >= 4 is 12.0 Å². The zero-order chi connectivity index (χ0) is 18.7. The maximum absolute atomic E-state index is 13.8. The number of nitrogens with one attached hydrogen (secondary N) is 1. The molecule has 2 aromatic rings. The smallest absolute Gasteiger partial charge is 0.250 e. The van der Waals surface area contributed by atoms with Gasteiger partial charge in [0, 0.05) is 30.7 Å². The van der Waals surface area contributed by atoms with Crippen molar-refractivity contribution in [2.45, 2.75) is 18.3 Å². The zero-order valence-electron chi connectivity index (χ0n) is 15.0. The lowest BCUT2D eigenvalue weighted by atomic mass is 9.74. The molecule has 0 spiro atoms. The number of carbonyl (C=O) groups is 1. The van der Waals surface area contributed by atoms with Gasteiger partial charge in [0.15, 0.2) is 0 Å². The predicted octanol–water partition coefficient (Wildman–Crippen LogP) is 3.47. The van der Waals surface area contributed by atoms with Crippen LogP contribution in [0.2, 0.25) is 0 Å². The lowest BCUT2D eigenvalue weighted by molar-refractivity contribution is -0.118. The Balaban J connectivity index is 1.52. The molecular weight excluding hydrogens is 345 g/mol. The molecule has 2 heterocycles. The van der Waals surface area contributed by atoms with Crippen LogP contribution in [0.1, 0.15) is 24.0 Å². The molecule has 0 saturated carbocycles. The van der Waals surface area contributed by atoms with E-state index in [-0.39, 0.29) is 23.7 Å². The molecule has 0 unspecified atom stereocenters. The van der Waals surface area contributed by atoms with Gasteiger partial charge < -0.3 is 14.8 Å². The first-order chi connectivity index (χ1) is 13.2. The van der Waals surface area contributed by atoms with Gasteiger partial charge in [0.05, 0.1) is 5.57 Å². The highest BCUT2D eigenvalue weighted by Gasteiger charge is 2.35. The van der Waals surface area contributed by atoms with Crippen molar-refractivity contribution in [3.63, 3.8) is 0 Å². The molecule has 0 aliphatic carbocycles. The summed E-state index contributed by atoms with van der Waals surface area (Å²) in [6, 6.07) is 14.3. The van der Waals surface area contributed by atoms with E-state index in [0.717, 1.165) is 29.7 Å². The molecule has 5 heteroatoms. The SMILES string of the molecule is O=C(NCC1(c2cccc(F)c2)CCOCC1)C1=Cc2ccccc2OC1. The second-order valence-corrected chi connectivity index (χ2v) is 7.08. The third kappa shape index (κ3) is 3.74. The molecule has 2 aliphatic heterocycles. The highest BCUT2D eigenvalue weighted by Crippen LogP contribution is 2.35. The minimum absolute atomic E-state index is 0.147. The number of ether oxygens (including phenoxy) is 2. The number of halogens is 1. The van der Waals surface area contributed by atoms with E-state index in [1.54, 1.807) is 12.1 Å². The van der Waals surface area contributed by atoms with Crippen LogP contribution in [0.5, 0.6) is 5.75 Å². The van der Waals surface area contributed by atoms with E-state index in [4.69, 9.17) is 9.47 Å². The predicted molar refractivity (Wildman–Crippen MR) is 101 cm³/mol. The number of amides is 1. The van der Waals surface area contributed by atoms with Gasteiger partial charge in [-0.1, -0.05) is 30.3 Å². The molecule has 4 nitrogen and oxygen atoms in total. The number of para-hydroxylation sites is 1. The summed E-state index contributed by atoms with van der Waals surface area (Å²) >= 11 is 0. The quantitative estimate of drug-likeness (QED) is 0.900. The van der Waals surface area contributed by atoms with Crippen LogP contribution in [0.25, 0.3) is 6.08 Å². The molecule has 0 radical (unpaired) electrons. The van der Waals surface area contributed by atoms with E-state index in [0.29, 0.717) is 25.3 Å². The van der Waals surface area contributed by atoms with Crippen LogP contribution in [0.3, 0.4) is 0 Å². The Bertz CT molecular complexity index is 871. The zero-order valence-corrected chi connectivity index (χ0v) is 15.0. The van der Waals surface area contributed by atoms with E-state index in [9.17, 15) is 9.18 Å². The monoisotopic (exact) mass is 367 g/mol. The van der Waals surface area contributed by atoms with Crippen LogP contribution in [-0.4, -0.2) is 32.3 Å². The van der Waals surface area contributed by atoms with Gasteiger partial charge >= 0.3 is 0 Å². The van der Waals surface area contributed by atoms with Gasteiger partial charge in [-0.15, -0.1) is 0 Å². The normalized spacial score (nSPS) is 18.0. The Morgan fingerprint density at radius 3 is 2.74 bits per heavy atom. The van der Waals surface area contributed by atoms with Crippen LogP contribution < -0.4 is 10.1 Å². The Labute approximate surface area is 158 Å². The highest BCUT2D eigenvalue weighted by molar-refractivity contribution is 5.99. The van der Waals surface area contributed by atoms with Crippen LogP contribution in [0.4, 0.5) is 4.39 Å². The Morgan fingerprint density at radius 1 is 1.11 bits per heavy atom. The lowest BCUT2D eigenvalue weighted by Gasteiger charge is -2.38. The third-order valence-electron chi connectivity index (χ3n) is 5.40. The number of carbonyl (C=O) groups excluding carboxylic acids is 1. The van der Waals surface area contributed by atoms with Gasteiger partial charge in [0.25, 0.3) is 5.91 Å². The fraction of sp³-hybridized carbons (Fsp3) is 0.318. The van der Waals surface area contributed by atoms with Gasteiger partial charge in [-0.05, 0) is 42.7 Å². The lowest BCUT2D eigenvalue weighted by Crippen LogP contribution is -2.45. The number of benzene rings is 2. The number of hydrogen-bond acceptors (Lipinski definition) is 3. The van der Waals surface area contributed by atoms with Crippen molar-refractivity contribution < 1.29 is 18.7 Å². The molecule has 0 bridgehead atoms. The molecule has 140 valence electrons. The maximum atomic E-state index is 13.8. The van der Waals surface area contributed by atoms with Gasteiger partial charge in [-0.3, -0.25) is 4.79 Å². The molecule has 0 aromatic heterocycles. The second-order valence-electron chi connectivity index (χ2n) is 7.08. The maximum Gasteiger partial charge on any atom is 0.250 e. The van der Waals surface area contributed by atoms with Crippen molar-refractivity contribution in [1.82, 2.24) is 5.32 Å². The summed E-state index contributed by atoms with van der Waals surface area (Å²) in [6.45, 7) is 1.90. The Hall–Kier alpha value is -2.66. The molecule has 1 fully saturated rings. The molecule has 2 aromatic carbocycles. The molecule has 27 heavy (non-hydrogen) atoms. The summed E-state index contributed by atoms with van der Waals surface area (Å²) in [5.41, 5.74) is 2.09. The van der Waals surface area contributed by atoms with E-state index >= 15 is 0 Å². The van der Waals surface area contributed by atoms with Gasteiger partial charge in [0.2, 0.25) is 0 Å². The molecule has 1 amide bonds. The molecule has 1 saturated heterocycles. The van der Waals surface area contributed by atoms with Crippen LogP contribution >= 0.6 is 0 Å². The Morgan fingerprint density at radius 2 is 1.93 bits per heavy atom. The van der Waals surface area contributed by atoms with E-state index < -0.39 is 0 Å². The van der Waals surface area contributed by atoms with E-state index in [1.165, 1.54) is 6.07 Å². The molecular formula is C22H22FNO3. The second kappa shape index (κ2) is 7.53. The van der Waals surface area contributed by atoms with Crippen molar-refractivity contribution in [1.29, 1.82) is 0 Å². The number of fused-ring (bicyclic) bond motifs is 1. The average molecular weight is 367 g/mol. The summed E-state index contributed by atoms with van der Waals surface area (Å²) in [6.07, 6.45) is 3.36. The van der Waals surface area contributed by atoms with E-state index in [2.05, 4.69) is 5.32 Å². The molecule has 1 N–H and O–H groups in total. The first kappa shape index (κ1) is 17.7. The summed E-state index contributed by atoms with van der Waals surface area (Å²) in [7, 11) is 0. The molecule has 4 rings (SSSR count). The van der Waals surface area contributed by atoms with Gasteiger partial charge in [-0.2, -0.15) is 0 Å². The summed E-state index contributed by atoms with van der Waals surface area (Å²) in [5, 5.41) is 3.05. The highest BCUT2D eigenvalue weighted by atomic mass is 19.1. The van der Waals surface area contributed by atoms with Crippen LogP contribution in [0.15, 0.2) is 54.1 Å². The topological polar surface area (TPSA) is 47.6 Å². The first-order valence-corrected chi connectivity index (χ1v) is 9.21. The summed E-state index contributed by atoms with van der Waals surface area (Å²) in [4.78, 5) is 12.7. The van der Waals surface area contributed by atoms with Gasteiger partial charge in [-0.25, -0.2) is 4.39 Å². The Kier molecular flexibility index (Phi) is 4.94.